The minimum absolute atomic E-state index is 0.0976. The van der Waals surface area contributed by atoms with E-state index in [0.717, 1.165) is 5.69 Å². The molecule has 0 radical (unpaired) electrons. The molecule has 0 saturated carbocycles. The Morgan fingerprint density at radius 3 is 2.82 bits per heavy atom. The fraction of sp³-hybridized carbons (Fsp3) is 0.444. The molecule has 2 amide bonds. The van der Waals surface area contributed by atoms with Crippen LogP contribution in [0.15, 0.2) is 5.38 Å². The van der Waals surface area contributed by atoms with Gasteiger partial charge in [-0.1, -0.05) is 0 Å². The van der Waals surface area contributed by atoms with Crippen molar-refractivity contribution in [1.82, 2.24) is 10.3 Å². The number of nitrogens with one attached hydrogen (secondary N) is 2. The third-order valence-electron chi connectivity index (χ3n) is 1.78. The molecule has 1 unspecified atom stereocenters. The first-order valence-electron chi connectivity index (χ1n) is 4.74. The third kappa shape index (κ3) is 4.37. The fourth-order valence-electron chi connectivity index (χ4n) is 1.04. The Balaban J connectivity index is 2.50. The molecule has 8 heteroatoms. The second-order valence-corrected chi connectivity index (χ2v) is 4.10. The first-order chi connectivity index (χ1) is 8.02. The number of urea groups is 1. The van der Waals surface area contributed by atoms with Gasteiger partial charge in [0.15, 0.2) is 11.2 Å². The Kier molecular flexibility index (Phi) is 4.85. The molecule has 1 rings (SSSR count). The molecule has 0 fully saturated rings. The summed E-state index contributed by atoms with van der Waals surface area (Å²) in [6.07, 6.45) is 0. The van der Waals surface area contributed by atoms with Gasteiger partial charge in [-0.05, 0) is 6.92 Å². The van der Waals surface area contributed by atoms with Crippen molar-refractivity contribution in [1.29, 1.82) is 0 Å². The zero-order valence-electron chi connectivity index (χ0n) is 9.39. The molecule has 0 aliphatic rings. The minimum Gasteiger partial charge on any atom is -0.480 e. The van der Waals surface area contributed by atoms with E-state index in [1.54, 1.807) is 12.3 Å². The smallest absolute Gasteiger partial charge is 0.328 e. The van der Waals surface area contributed by atoms with Crippen molar-refractivity contribution in [2.45, 2.75) is 13.0 Å². The second-order valence-electron chi connectivity index (χ2n) is 3.24. The lowest BCUT2D eigenvalue weighted by Crippen LogP contribution is -2.45. The Bertz CT molecular complexity index is 407. The van der Waals surface area contributed by atoms with Crippen LogP contribution in [0, 0.1) is 6.92 Å². The van der Waals surface area contributed by atoms with Crippen molar-refractivity contribution in [3.05, 3.63) is 11.1 Å². The van der Waals surface area contributed by atoms with Crippen LogP contribution in [0.1, 0.15) is 5.69 Å². The maximum Gasteiger partial charge on any atom is 0.328 e. The van der Waals surface area contributed by atoms with Crippen LogP contribution < -0.4 is 10.6 Å². The van der Waals surface area contributed by atoms with E-state index in [4.69, 9.17) is 5.11 Å². The quantitative estimate of drug-likeness (QED) is 0.721. The van der Waals surface area contributed by atoms with E-state index in [-0.39, 0.29) is 6.61 Å². The lowest BCUT2D eigenvalue weighted by molar-refractivity contribution is -0.140. The molecule has 3 N–H and O–H groups in total. The summed E-state index contributed by atoms with van der Waals surface area (Å²) >= 11 is 1.26. The molecule has 0 spiro atoms. The van der Waals surface area contributed by atoms with E-state index in [1.165, 1.54) is 18.4 Å². The van der Waals surface area contributed by atoms with Crippen molar-refractivity contribution >= 4 is 28.5 Å². The molecule has 0 bridgehead atoms. The van der Waals surface area contributed by atoms with Crippen LogP contribution in [0.4, 0.5) is 9.93 Å². The molecule has 0 aromatic carbocycles. The molecular formula is C9H13N3O4S. The van der Waals surface area contributed by atoms with Gasteiger partial charge in [-0.2, -0.15) is 0 Å². The number of carbonyl (C=O) groups excluding carboxylic acids is 1. The van der Waals surface area contributed by atoms with E-state index in [9.17, 15) is 9.59 Å². The molecule has 1 aromatic rings. The standard InChI is InChI=1S/C9H13N3O4S/c1-5-4-17-9(10-5)12-8(15)11-6(3-16-2)7(13)14/h4,6H,3H2,1-2H3,(H,13,14)(H2,10,11,12,15). The van der Waals surface area contributed by atoms with E-state index in [2.05, 4.69) is 20.4 Å². The third-order valence-corrected chi connectivity index (χ3v) is 2.65. The first-order valence-corrected chi connectivity index (χ1v) is 5.62. The Morgan fingerprint density at radius 2 is 2.35 bits per heavy atom. The molecule has 7 nitrogen and oxygen atoms in total. The molecular weight excluding hydrogens is 246 g/mol. The summed E-state index contributed by atoms with van der Waals surface area (Å²) in [6, 6.07) is -1.70. The van der Waals surface area contributed by atoms with Crippen LogP contribution in [-0.4, -0.2) is 41.8 Å². The van der Waals surface area contributed by atoms with Gasteiger partial charge in [-0.15, -0.1) is 11.3 Å². The number of hydrogen-bond donors (Lipinski definition) is 3. The Hall–Kier alpha value is -1.67. The zero-order valence-corrected chi connectivity index (χ0v) is 10.2. The molecule has 0 aliphatic heterocycles. The van der Waals surface area contributed by atoms with E-state index in [1.807, 2.05) is 0 Å². The lowest BCUT2D eigenvalue weighted by Gasteiger charge is -2.13. The van der Waals surface area contributed by atoms with E-state index < -0.39 is 18.0 Å². The van der Waals surface area contributed by atoms with Crippen molar-refractivity contribution in [2.24, 2.45) is 0 Å². The largest absolute Gasteiger partial charge is 0.480 e. The van der Waals surface area contributed by atoms with Crippen LogP contribution in [-0.2, 0) is 9.53 Å². The number of nitrogens with zero attached hydrogens (tertiary/aromatic N) is 1. The van der Waals surface area contributed by atoms with Crippen LogP contribution in [0.5, 0.6) is 0 Å². The minimum atomic E-state index is -1.16. The maximum absolute atomic E-state index is 11.4. The highest BCUT2D eigenvalue weighted by Crippen LogP contribution is 2.13. The fourth-order valence-corrected chi connectivity index (χ4v) is 1.73. The van der Waals surface area contributed by atoms with Gasteiger partial charge < -0.3 is 15.2 Å². The summed E-state index contributed by atoms with van der Waals surface area (Å²) in [6.45, 7) is 1.70. The van der Waals surface area contributed by atoms with Crippen molar-refractivity contribution in [2.75, 3.05) is 19.0 Å². The number of methoxy groups -OCH3 is 1. The molecule has 0 saturated heterocycles. The SMILES string of the molecule is COCC(NC(=O)Nc1nc(C)cs1)C(=O)O. The van der Waals surface area contributed by atoms with Gasteiger partial charge in [-0.3, -0.25) is 5.32 Å². The van der Waals surface area contributed by atoms with Crippen molar-refractivity contribution in [3.8, 4) is 0 Å². The number of anilines is 1. The summed E-state index contributed by atoms with van der Waals surface area (Å²) in [5.74, 6) is -1.16. The highest BCUT2D eigenvalue weighted by atomic mass is 32.1. The summed E-state index contributed by atoms with van der Waals surface area (Å²) in [7, 11) is 1.36. The number of ether oxygens (including phenoxy) is 1. The number of aliphatic carboxylic acids is 1. The number of aromatic nitrogens is 1. The molecule has 17 heavy (non-hydrogen) atoms. The van der Waals surface area contributed by atoms with Gasteiger partial charge in [0.1, 0.15) is 0 Å². The molecule has 1 aromatic heterocycles. The summed E-state index contributed by atoms with van der Waals surface area (Å²) in [5, 5.41) is 15.7. The summed E-state index contributed by atoms with van der Waals surface area (Å²) in [5.41, 5.74) is 0.789. The lowest BCUT2D eigenvalue weighted by atomic mass is 10.3. The van der Waals surface area contributed by atoms with Gasteiger partial charge in [0.05, 0.1) is 12.3 Å². The average Bonchev–Trinajstić information content (AvgIpc) is 2.63. The number of carboxylic acids is 1. The highest BCUT2D eigenvalue weighted by Gasteiger charge is 2.19. The van der Waals surface area contributed by atoms with Crippen LogP contribution in [0.25, 0.3) is 0 Å². The molecule has 94 valence electrons. The summed E-state index contributed by atoms with van der Waals surface area (Å²) in [4.78, 5) is 26.2. The molecule has 0 aliphatic carbocycles. The average molecular weight is 259 g/mol. The van der Waals surface area contributed by atoms with Crippen LogP contribution >= 0.6 is 11.3 Å². The topological polar surface area (TPSA) is 101 Å². The normalized spacial score (nSPS) is 11.9. The zero-order chi connectivity index (χ0) is 12.8. The number of hydrogen-bond acceptors (Lipinski definition) is 5. The van der Waals surface area contributed by atoms with Gasteiger partial charge in [-0.25, -0.2) is 14.6 Å². The Morgan fingerprint density at radius 1 is 1.65 bits per heavy atom. The Labute approximate surface area is 102 Å². The van der Waals surface area contributed by atoms with E-state index >= 15 is 0 Å². The summed E-state index contributed by atoms with van der Waals surface area (Å²) < 4.78 is 4.68. The number of carboxylic acid groups (broad SMARTS) is 1. The predicted octanol–water partition coefficient (Wildman–Crippen LogP) is 0.673. The van der Waals surface area contributed by atoms with Gasteiger partial charge >= 0.3 is 12.0 Å². The predicted molar refractivity (Wildman–Crippen MR) is 62.3 cm³/mol. The van der Waals surface area contributed by atoms with Gasteiger partial charge in [0, 0.05) is 12.5 Å². The number of thiazole rings is 1. The van der Waals surface area contributed by atoms with Gasteiger partial charge in [0.2, 0.25) is 0 Å². The number of carbonyl (C=O) groups is 2. The van der Waals surface area contributed by atoms with Crippen molar-refractivity contribution in [3.63, 3.8) is 0 Å². The molecule has 1 atom stereocenters. The van der Waals surface area contributed by atoms with E-state index in [0.29, 0.717) is 5.13 Å². The maximum atomic E-state index is 11.4. The highest BCUT2D eigenvalue weighted by molar-refractivity contribution is 7.13. The monoisotopic (exact) mass is 259 g/mol. The molecule has 1 heterocycles. The van der Waals surface area contributed by atoms with Crippen LogP contribution in [0.2, 0.25) is 0 Å². The van der Waals surface area contributed by atoms with Gasteiger partial charge in [0.25, 0.3) is 0 Å². The van der Waals surface area contributed by atoms with Crippen molar-refractivity contribution < 1.29 is 19.4 Å². The number of aryl methyl sites for hydroxylation is 1. The number of rotatable bonds is 5. The van der Waals surface area contributed by atoms with Crippen LogP contribution in [0.3, 0.4) is 0 Å². The second kappa shape index (κ2) is 6.16. The number of amides is 2. The first kappa shape index (κ1) is 13.4.